The number of carbonyl (C=O) groups excluding carboxylic acids is 1. The number of para-hydroxylation sites is 1. The average Bonchev–Trinajstić information content (AvgIpc) is 3.39. The Labute approximate surface area is 184 Å². The molecule has 7 nitrogen and oxygen atoms in total. The van der Waals surface area contributed by atoms with Crippen LogP contribution in [0.3, 0.4) is 0 Å². The van der Waals surface area contributed by atoms with E-state index in [0.717, 1.165) is 63.6 Å². The number of piperidine rings is 1. The second-order valence-corrected chi connectivity index (χ2v) is 9.53. The molecule has 1 aromatic carbocycles. The van der Waals surface area contributed by atoms with E-state index in [1.54, 1.807) is 17.3 Å². The first-order valence-corrected chi connectivity index (χ1v) is 11.4. The summed E-state index contributed by atoms with van der Waals surface area (Å²) in [7, 11) is 3.68. The molecule has 4 heterocycles. The van der Waals surface area contributed by atoms with Crippen molar-refractivity contribution in [3.63, 3.8) is 0 Å². The molecule has 7 heteroatoms. The van der Waals surface area contributed by atoms with Crippen molar-refractivity contribution in [1.82, 2.24) is 19.8 Å². The number of hydrogen-bond acceptors (Lipinski definition) is 5. The maximum atomic E-state index is 12.8. The van der Waals surface area contributed by atoms with Crippen molar-refractivity contribution >= 4 is 17.5 Å². The lowest BCUT2D eigenvalue weighted by Crippen LogP contribution is -2.48. The van der Waals surface area contributed by atoms with Crippen LogP contribution in [0.5, 0.6) is 0 Å². The molecule has 1 atom stereocenters. The summed E-state index contributed by atoms with van der Waals surface area (Å²) in [6.45, 7) is 6.28. The first-order chi connectivity index (χ1) is 15.1. The Bertz CT molecular complexity index is 925. The molecule has 2 saturated heterocycles. The fourth-order valence-corrected chi connectivity index (χ4v) is 5.64. The van der Waals surface area contributed by atoms with E-state index in [9.17, 15) is 4.79 Å². The van der Waals surface area contributed by atoms with Crippen molar-refractivity contribution in [3.05, 3.63) is 48.4 Å². The number of nitrogens with zero attached hydrogens (tertiary/aromatic N) is 6. The van der Waals surface area contributed by atoms with Gasteiger partial charge in [0.2, 0.25) is 0 Å². The third-order valence-corrected chi connectivity index (χ3v) is 7.33. The van der Waals surface area contributed by atoms with Crippen LogP contribution in [-0.2, 0) is 5.41 Å². The van der Waals surface area contributed by atoms with Crippen molar-refractivity contribution < 1.29 is 4.79 Å². The number of rotatable bonds is 3. The molecule has 2 fully saturated rings. The van der Waals surface area contributed by atoms with Gasteiger partial charge in [0.25, 0.3) is 0 Å². The van der Waals surface area contributed by atoms with Crippen LogP contribution in [-0.4, -0.2) is 79.2 Å². The van der Waals surface area contributed by atoms with Gasteiger partial charge in [-0.3, -0.25) is 9.88 Å². The molecule has 2 amide bonds. The van der Waals surface area contributed by atoms with Gasteiger partial charge in [0.1, 0.15) is 5.82 Å². The Morgan fingerprint density at radius 3 is 2.71 bits per heavy atom. The van der Waals surface area contributed by atoms with Crippen LogP contribution in [0, 0.1) is 5.92 Å². The van der Waals surface area contributed by atoms with Gasteiger partial charge in [0, 0.05) is 63.8 Å². The number of aromatic nitrogens is 2. The first kappa shape index (κ1) is 20.2. The molecule has 3 aliphatic rings. The molecule has 31 heavy (non-hydrogen) atoms. The average molecular weight is 421 g/mol. The minimum absolute atomic E-state index is 0.0850. The third kappa shape index (κ3) is 3.76. The van der Waals surface area contributed by atoms with Gasteiger partial charge in [-0.15, -0.1) is 0 Å². The molecule has 0 saturated carbocycles. The fraction of sp³-hybridized carbons (Fsp3) is 0.542. The maximum Gasteiger partial charge on any atom is 0.323 e. The Morgan fingerprint density at radius 2 is 1.97 bits per heavy atom. The van der Waals surface area contributed by atoms with E-state index < -0.39 is 0 Å². The number of urea groups is 1. The molecule has 0 aliphatic carbocycles. The summed E-state index contributed by atoms with van der Waals surface area (Å²) in [5.74, 6) is 1.68. The predicted octanol–water partition coefficient (Wildman–Crippen LogP) is 2.84. The summed E-state index contributed by atoms with van der Waals surface area (Å²) in [5.41, 5.74) is 2.56. The summed E-state index contributed by atoms with van der Waals surface area (Å²) >= 11 is 0. The second-order valence-electron chi connectivity index (χ2n) is 9.53. The number of fused-ring (bicyclic) bond motifs is 2. The van der Waals surface area contributed by atoms with Gasteiger partial charge >= 0.3 is 6.03 Å². The Balaban J connectivity index is 1.22. The highest BCUT2D eigenvalue weighted by Gasteiger charge is 2.46. The highest BCUT2D eigenvalue weighted by Crippen LogP contribution is 2.47. The SMILES string of the molecule is CN(C)C(=O)N1CC2(CCN(C[C@H]3CCN(c4cnccn4)C3)CC2)c2ccccc21. The summed E-state index contributed by atoms with van der Waals surface area (Å²) in [6.07, 6.45) is 8.81. The largest absolute Gasteiger partial charge is 0.355 e. The van der Waals surface area contributed by atoms with Crippen LogP contribution in [0.15, 0.2) is 42.9 Å². The van der Waals surface area contributed by atoms with Crippen molar-refractivity contribution in [3.8, 4) is 0 Å². The van der Waals surface area contributed by atoms with E-state index in [0.29, 0.717) is 5.92 Å². The van der Waals surface area contributed by atoms with Crippen LogP contribution in [0.4, 0.5) is 16.3 Å². The summed E-state index contributed by atoms with van der Waals surface area (Å²) in [4.78, 5) is 30.1. The van der Waals surface area contributed by atoms with Crippen LogP contribution < -0.4 is 9.80 Å². The normalized spacial score (nSPS) is 22.7. The number of likely N-dealkylation sites (tertiary alicyclic amines) is 1. The number of benzene rings is 1. The van der Waals surface area contributed by atoms with Crippen LogP contribution in [0.1, 0.15) is 24.8 Å². The van der Waals surface area contributed by atoms with E-state index >= 15 is 0 Å². The Hall–Kier alpha value is -2.67. The molecule has 0 unspecified atom stereocenters. The lowest BCUT2D eigenvalue weighted by Gasteiger charge is -2.40. The van der Waals surface area contributed by atoms with Crippen molar-refractivity contribution in [2.45, 2.75) is 24.7 Å². The summed E-state index contributed by atoms with van der Waals surface area (Å²) in [6, 6.07) is 8.60. The van der Waals surface area contributed by atoms with E-state index in [4.69, 9.17) is 0 Å². The van der Waals surface area contributed by atoms with E-state index in [-0.39, 0.29) is 11.4 Å². The molecule has 164 valence electrons. The highest BCUT2D eigenvalue weighted by atomic mass is 16.2. The topological polar surface area (TPSA) is 55.8 Å². The second kappa shape index (κ2) is 8.11. The summed E-state index contributed by atoms with van der Waals surface area (Å²) < 4.78 is 0. The van der Waals surface area contributed by atoms with Gasteiger partial charge < -0.3 is 14.7 Å². The quantitative estimate of drug-likeness (QED) is 0.764. The monoisotopic (exact) mass is 420 g/mol. The minimum atomic E-state index is 0.0850. The van der Waals surface area contributed by atoms with Crippen LogP contribution in [0.25, 0.3) is 0 Å². The first-order valence-electron chi connectivity index (χ1n) is 11.4. The zero-order chi connectivity index (χ0) is 21.4. The van der Waals surface area contributed by atoms with Gasteiger partial charge in [-0.1, -0.05) is 18.2 Å². The van der Waals surface area contributed by atoms with Crippen molar-refractivity contribution in [2.24, 2.45) is 5.92 Å². The number of carbonyl (C=O) groups is 1. The highest BCUT2D eigenvalue weighted by molar-refractivity contribution is 5.95. The maximum absolute atomic E-state index is 12.8. The van der Waals surface area contributed by atoms with Crippen LogP contribution in [0.2, 0.25) is 0 Å². The van der Waals surface area contributed by atoms with Gasteiger partial charge in [-0.2, -0.15) is 0 Å². The van der Waals surface area contributed by atoms with Gasteiger partial charge in [-0.05, 0) is 49.9 Å². The molecular weight excluding hydrogens is 388 g/mol. The number of hydrogen-bond donors (Lipinski definition) is 0. The van der Waals surface area contributed by atoms with E-state index in [1.165, 1.54) is 12.0 Å². The molecule has 0 N–H and O–H groups in total. The summed E-state index contributed by atoms with van der Waals surface area (Å²) in [5, 5.41) is 0. The van der Waals surface area contributed by atoms with E-state index in [2.05, 4.69) is 38.0 Å². The minimum Gasteiger partial charge on any atom is -0.355 e. The third-order valence-electron chi connectivity index (χ3n) is 7.33. The molecule has 0 radical (unpaired) electrons. The van der Waals surface area contributed by atoms with Crippen molar-refractivity contribution in [1.29, 1.82) is 0 Å². The fourth-order valence-electron chi connectivity index (χ4n) is 5.64. The Kier molecular flexibility index (Phi) is 5.30. The molecule has 3 aliphatic heterocycles. The number of anilines is 2. The Morgan fingerprint density at radius 1 is 1.16 bits per heavy atom. The lowest BCUT2D eigenvalue weighted by atomic mass is 9.74. The molecule has 5 rings (SSSR count). The smallest absolute Gasteiger partial charge is 0.323 e. The predicted molar refractivity (Wildman–Crippen MR) is 123 cm³/mol. The molecule has 1 aromatic heterocycles. The molecule has 2 aromatic rings. The zero-order valence-electron chi connectivity index (χ0n) is 18.6. The van der Waals surface area contributed by atoms with Gasteiger partial charge in [0.15, 0.2) is 0 Å². The molecular formula is C24H32N6O. The zero-order valence-corrected chi connectivity index (χ0v) is 18.6. The lowest BCUT2D eigenvalue weighted by molar-refractivity contribution is 0.148. The standard InChI is InChI=1S/C24H32N6O/c1-27(2)23(31)30-18-24(20-5-3-4-6-21(20)30)8-13-28(14-9-24)16-19-7-12-29(17-19)22-15-25-10-11-26-22/h3-6,10-11,15,19H,7-9,12-14,16-18H2,1-2H3/t19-/m1/s1. The molecule has 1 spiro atoms. The van der Waals surface area contributed by atoms with Gasteiger partial charge in [-0.25, -0.2) is 9.78 Å². The number of amides is 2. The van der Waals surface area contributed by atoms with Crippen LogP contribution >= 0.6 is 0 Å². The molecule has 0 bridgehead atoms. The van der Waals surface area contributed by atoms with Gasteiger partial charge in [0.05, 0.1) is 6.20 Å². The van der Waals surface area contributed by atoms with E-state index in [1.807, 2.05) is 31.3 Å². The van der Waals surface area contributed by atoms with Crippen molar-refractivity contribution in [2.75, 3.05) is 63.2 Å².